The van der Waals surface area contributed by atoms with Gasteiger partial charge in [0.1, 0.15) is 6.61 Å². The number of rotatable bonds is 10. The van der Waals surface area contributed by atoms with Crippen LogP contribution in [0.5, 0.6) is 17.2 Å². The standard InChI is InChI=1S/C21H24ClNO5.C15H17NS2/c1-25-18-13-16(20(24)15-3-5-17(22)6-4-15)14-19(26-2)21(18)28-12-9-23-7-10-27-11-8-23;1-16-8-2-5-12(11-16)15(13-6-3-9-17-13)14-7-4-10-18-14/h3-6,13-14H,7-12H2,1-2H3;3-4,6-7,9-10H,2,5,8,11H2,1H3. The Balaban J connectivity index is 0.000000198. The summed E-state index contributed by atoms with van der Waals surface area (Å²) in [5.41, 5.74) is 4.09. The van der Waals surface area contributed by atoms with E-state index >= 15 is 0 Å². The summed E-state index contributed by atoms with van der Waals surface area (Å²) in [7, 11) is 5.31. The van der Waals surface area contributed by atoms with E-state index in [1.807, 2.05) is 22.7 Å². The van der Waals surface area contributed by atoms with Crippen molar-refractivity contribution >= 4 is 45.6 Å². The molecule has 6 rings (SSSR count). The van der Waals surface area contributed by atoms with Crippen molar-refractivity contribution in [2.75, 3.05) is 73.8 Å². The number of nitrogens with zero attached hydrogens (tertiary/aromatic N) is 2. The number of benzene rings is 2. The van der Waals surface area contributed by atoms with Crippen LogP contribution in [0, 0.1) is 0 Å². The maximum atomic E-state index is 12.8. The van der Waals surface area contributed by atoms with Crippen LogP contribution in [0.1, 0.15) is 38.5 Å². The van der Waals surface area contributed by atoms with Crippen molar-refractivity contribution in [3.05, 3.63) is 103 Å². The van der Waals surface area contributed by atoms with E-state index in [2.05, 4.69) is 51.9 Å². The van der Waals surface area contributed by atoms with Crippen molar-refractivity contribution in [2.45, 2.75) is 12.8 Å². The largest absolute Gasteiger partial charge is 0.493 e. The highest BCUT2D eigenvalue weighted by atomic mass is 35.5. The summed E-state index contributed by atoms with van der Waals surface area (Å²) in [6.45, 7) is 6.88. The lowest BCUT2D eigenvalue weighted by Gasteiger charge is -2.26. The lowest BCUT2D eigenvalue weighted by molar-refractivity contribution is 0.0319. The van der Waals surface area contributed by atoms with Crippen LogP contribution in [0.4, 0.5) is 0 Å². The summed E-state index contributed by atoms with van der Waals surface area (Å²) in [6, 6.07) is 18.9. The predicted octanol–water partition coefficient (Wildman–Crippen LogP) is 7.64. The number of ketones is 1. The van der Waals surface area contributed by atoms with E-state index in [0.717, 1.165) is 39.4 Å². The van der Waals surface area contributed by atoms with Gasteiger partial charge in [-0.25, -0.2) is 0 Å². The third-order valence-electron chi connectivity index (χ3n) is 7.95. The molecule has 2 aromatic heterocycles. The first kappa shape index (κ1) is 34.2. The van der Waals surface area contributed by atoms with E-state index in [1.54, 1.807) is 56.2 Å². The fraction of sp³-hybridized carbons (Fsp3) is 0.361. The minimum atomic E-state index is -0.145. The second kappa shape index (κ2) is 17.1. The van der Waals surface area contributed by atoms with Crippen LogP contribution < -0.4 is 14.2 Å². The van der Waals surface area contributed by atoms with Crippen LogP contribution in [-0.2, 0) is 4.74 Å². The minimum absolute atomic E-state index is 0.145. The van der Waals surface area contributed by atoms with Crippen LogP contribution in [0.3, 0.4) is 0 Å². The first-order valence-electron chi connectivity index (χ1n) is 15.4. The van der Waals surface area contributed by atoms with Crippen molar-refractivity contribution in [1.29, 1.82) is 0 Å². The molecule has 4 heterocycles. The third-order valence-corrected chi connectivity index (χ3v) is 9.98. The molecule has 0 unspecified atom stereocenters. The number of carbonyl (C=O) groups is 1. The number of halogens is 1. The second-order valence-electron chi connectivity index (χ2n) is 11.1. The fourth-order valence-corrected chi connectivity index (χ4v) is 7.44. The summed E-state index contributed by atoms with van der Waals surface area (Å²) in [6.07, 6.45) is 2.53. The Hall–Kier alpha value is -3.18. The quantitative estimate of drug-likeness (QED) is 0.160. The number of methoxy groups -OCH3 is 2. The number of thiophene rings is 2. The van der Waals surface area contributed by atoms with Gasteiger partial charge in [0.25, 0.3) is 0 Å². The Morgan fingerprint density at radius 2 is 1.52 bits per heavy atom. The molecule has 0 saturated carbocycles. The highest BCUT2D eigenvalue weighted by Crippen LogP contribution is 2.39. The molecule has 244 valence electrons. The zero-order chi connectivity index (χ0) is 32.3. The molecule has 2 aliphatic heterocycles. The molecule has 0 atom stereocenters. The van der Waals surface area contributed by atoms with Gasteiger partial charge in [-0.15, -0.1) is 22.7 Å². The Kier molecular flexibility index (Phi) is 12.7. The minimum Gasteiger partial charge on any atom is -0.493 e. The number of likely N-dealkylation sites (tertiary alicyclic amines) is 1. The molecule has 0 N–H and O–H groups in total. The van der Waals surface area contributed by atoms with E-state index in [1.165, 1.54) is 34.7 Å². The molecule has 2 aromatic carbocycles. The molecule has 10 heteroatoms. The van der Waals surface area contributed by atoms with Gasteiger partial charge in [-0.05, 0) is 91.3 Å². The maximum Gasteiger partial charge on any atom is 0.203 e. The molecular formula is C36H41ClN2O5S2. The second-order valence-corrected chi connectivity index (χ2v) is 13.5. The van der Waals surface area contributed by atoms with E-state index in [9.17, 15) is 4.79 Å². The van der Waals surface area contributed by atoms with Crippen LogP contribution in [0.25, 0.3) is 5.57 Å². The zero-order valence-electron chi connectivity index (χ0n) is 26.6. The van der Waals surface area contributed by atoms with Gasteiger partial charge in [0.2, 0.25) is 5.75 Å². The lowest BCUT2D eigenvalue weighted by atomic mass is 9.97. The van der Waals surface area contributed by atoms with Gasteiger partial charge in [0.05, 0.1) is 27.4 Å². The summed E-state index contributed by atoms with van der Waals surface area (Å²) in [5, 5.41) is 4.93. The average molecular weight is 681 g/mol. The number of hydrogen-bond acceptors (Lipinski definition) is 9. The van der Waals surface area contributed by atoms with Crippen molar-refractivity contribution in [1.82, 2.24) is 9.80 Å². The van der Waals surface area contributed by atoms with Gasteiger partial charge in [-0.3, -0.25) is 9.69 Å². The molecule has 7 nitrogen and oxygen atoms in total. The van der Waals surface area contributed by atoms with E-state index in [4.69, 9.17) is 30.5 Å². The summed E-state index contributed by atoms with van der Waals surface area (Å²) in [4.78, 5) is 20.4. The van der Waals surface area contributed by atoms with Crippen molar-refractivity contribution in [3.8, 4) is 17.2 Å². The van der Waals surface area contributed by atoms with Crippen LogP contribution in [-0.4, -0.2) is 89.4 Å². The summed E-state index contributed by atoms with van der Waals surface area (Å²) < 4.78 is 22.2. The monoisotopic (exact) mass is 680 g/mol. The van der Waals surface area contributed by atoms with Crippen LogP contribution in [0.15, 0.2) is 77.0 Å². The zero-order valence-corrected chi connectivity index (χ0v) is 29.0. The first-order chi connectivity index (χ1) is 22.5. The summed E-state index contributed by atoms with van der Waals surface area (Å²) >= 11 is 9.61. The number of likely N-dealkylation sites (N-methyl/N-ethyl adjacent to an activating group) is 1. The van der Waals surface area contributed by atoms with Gasteiger partial charge in [-0.2, -0.15) is 0 Å². The normalized spacial score (nSPS) is 15.5. The van der Waals surface area contributed by atoms with Gasteiger partial charge in [0, 0.05) is 57.7 Å². The van der Waals surface area contributed by atoms with Gasteiger partial charge < -0.3 is 23.8 Å². The van der Waals surface area contributed by atoms with Gasteiger partial charge in [-0.1, -0.05) is 23.7 Å². The third kappa shape index (κ3) is 9.00. The molecule has 0 bridgehead atoms. The number of piperidine rings is 1. The molecule has 0 amide bonds. The SMILES string of the molecule is CN1CCCC(=C(c2cccs2)c2cccs2)C1.COc1cc(C(=O)c2ccc(Cl)cc2)cc(OC)c1OCCN1CCOCC1. The molecule has 2 fully saturated rings. The average Bonchev–Trinajstić information content (AvgIpc) is 3.82. The molecule has 0 radical (unpaired) electrons. The van der Waals surface area contributed by atoms with Crippen molar-refractivity contribution in [2.24, 2.45) is 0 Å². The summed E-state index contributed by atoms with van der Waals surface area (Å²) in [5.74, 6) is 1.26. The predicted molar refractivity (Wildman–Crippen MR) is 189 cm³/mol. The topological polar surface area (TPSA) is 60.5 Å². The fourth-order valence-electron chi connectivity index (χ4n) is 5.58. The number of morpholine rings is 1. The van der Waals surface area contributed by atoms with E-state index in [0.29, 0.717) is 40.0 Å². The Labute approximate surface area is 284 Å². The highest BCUT2D eigenvalue weighted by Gasteiger charge is 2.20. The highest BCUT2D eigenvalue weighted by molar-refractivity contribution is 7.13. The van der Waals surface area contributed by atoms with Crippen molar-refractivity contribution < 1.29 is 23.7 Å². The number of hydrogen-bond donors (Lipinski definition) is 0. The number of ether oxygens (including phenoxy) is 4. The van der Waals surface area contributed by atoms with Crippen LogP contribution in [0.2, 0.25) is 5.02 Å². The molecule has 2 aliphatic rings. The molecular weight excluding hydrogens is 640 g/mol. The van der Waals surface area contributed by atoms with Crippen molar-refractivity contribution in [3.63, 3.8) is 0 Å². The molecule has 0 aliphatic carbocycles. The lowest BCUT2D eigenvalue weighted by Crippen LogP contribution is -2.38. The first-order valence-corrected chi connectivity index (χ1v) is 17.6. The Morgan fingerprint density at radius 3 is 2.07 bits per heavy atom. The molecule has 46 heavy (non-hydrogen) atoms. The number of carbonyl (C=O) groups excluding carboxylic acids is 1. The maximum absolute atomic E-state index is 12.8. The van der Waals surface area contributed by atoms with E-state index < -0.39 is 0 Å². The molecule has 4 aromatic rings. The van der Waals surface area contributed by atoms with Crippen LogP contribution >= 0.6 is 34.3 Å². The van der Waals surface area contributed by atoms with E-state index in [-0.39, 0.29) is 5.78 Å². The Morgan fingerprint density at radius 1 is 0.891 bits per heavy atom. The molecule has 2 saturated heterocycles. The van der Waals surface area contributed by atoms with Gasteiger partial charge >= 0.3 is 0 Å². The Bertz CT molecular complexity index is 1510. The molecule has 0 spiro atoms. The van der Waals surface area contributed by atoms with Gasteiger partial charge in [0.15, 0.2) is 17.3 Å². The smallest absolute Gasteiger partial charge is 0.203 e.